The minimum Gasteiger partial charge on any atom is -0.382 e. The molecule has 3 aromatic carbocycles. The summed E-state index contributed by atoms with van der Waals surface area (Å²) >= 11 is 1.76. The first-order valence-electron chi connectivity index (χ1n) is 11.8. The van der Waals surface area contributed by atoms with E-state index in [0.717, 1.165) is 71.1 Å². The van der Waals surface area contributed by atoms with Crippen LogP contribution in [0.2, 0.25) is 0 Å². The van der Waals surface area contributed by atoms with Crippen molar-refractivity contribution in [2.75, 3.05) is 18.4 Å². The Balaban J connectivity index is 1.20. The molecule has 0 amide bonds. The van der Waals surface area contributed by atoms with Crippen molar-refractivity contribution in [2.24, 2.45) is 0 Å². The van der Waals surface area contributed by atoms with Gasteiger partial charge in [0.2, 0.25) is 0 Å². The molecule has 1 saturated heterocycles. The summed E-state index contributed by atoms with van der Waals surface area (Å²) in [6.07, 6.45) is 6.77. The average molecular weight is 474 g/mol. The maximum absolute atomic E-state index is 9.51. The highest BCUT2D eigenvalue weighted by atomic mass is 32.2. The lowest BCUT2D eigenvalue weighted by Crippen LogP contribution is -2.35. The number of piperidine rings is 1. The Bertz CT molecular complexity index is 1510. The first kappa shape index (κ1) is 21.7. The van der Waals surface area contributed by atoms with E-state index >= 15 is 0 Å². The molecule has 2 heterocycles. The molecule has 1 aliphatic heterocycles. The number of pyridine rings is 1. The molecule has 35 heavy (non-hydrogen) atoms. The van der Waals surface area contributed by atoms with E-state index < -0.39 is 0 Å². The van der Waals surface area contributed by atoms with E-state index in [9.17, 15) is 5.26 Å². The van der Waals surface area contributed by atoms with E-state index in [1.165, 1.54) is 10.5 Å². The van der Waals surface area contributed by atoms with Crippen molar-refractivity contribution in [3.63, 3.8) is 0 Å². The zero-order chi connectivity index (χ0) is 23.8. The van der Waals surface area contributed by atoms with Crippen LogP contribution in [0.1, 0.15) is 35.1 Å². The highest BCUT2D eigenvalue weighted by molar-refractivity contribution is 7.97. The molecule has 0 atom stereocenters. The summed E-state index contributed by atoms with van der Waals surface area (Å²) < 4.78 is 2.40. The summed E-state index contributed by atoms with van der Waals surface area (Å²) in [6, 6.07) is 23.4. The van der Waals surface area contributed by atoms with E-state index in [-0.39, 0.29) is 0 Å². The molecule has 7 rings (SSSR count). The number of nitriles is 2. The fourth-order valence-electron chi connectivity index (χ4n) is 4.96. The molecule has 0 saturated carbocycles. The van der Waals surface area contributed by atoms with Crippen molar-refractivity contribution in [1.29, 1.82) is 10.5 Å². The summed E-state index contributed by atoms with van der Waals surface area (Å²) in [7, 11) is 0. The number of fused-ring (bicyclic) bond motifs is 3. The summed E-state index contributed by atoms with van der Waals surface area (Å²) in [6.45, 7) is 1.99. The van der Waals surface area contributed by atoms with Crippen molar-refractivity contribution in [1.82, 2.24) is 9.29 Å². The molecule has 4 aromatic rings. The second kappa shape index (κ2) is 9.07. The summed E-state index contributed by atoms with van der Waals surface area (Å²) in [5.74, 6) is 0. The Morgan fingerprint density at radius 3 is 2.49 bits per heavy atom. The Kier molecular flexibility index (Phi) is 5.62. The Morgan fingerprint density at radius 2 is 1.74 bits per heavy atom. The molecular weight excluding hydrogens is 450 g/mol. The largest absolute Gasteiger partial charge is 0.382 e. The van der Waals surface area contributed by atoms with Gasteiger partial charge in [-0.2, -0.15) is 10.5 Å². The third kappa shape index (κ3) is 4.23. The molecule has 170 valence electrons. The Hall–Kier alpha value is -3.84. The van der Waals surface area contributed by atoms with Gasteiger partial charge in [0.05, 0.1) is 23.3 Å². The Labute approximate surface area is 209 Å². The monoisotopic (exact) mass is 473 g/mol. The van der Waals surface area contributed by atoms with Crippen LogP contribution in [0.3, 0.4) is 0 Å². The van der Waals surface area contributed by atoms with Crippen LogP contribution in [-0.4, -0.2) is 28.4 Å². The molecule has 3 aliphatic rings. The smallest absolute Gasteiger partial charge is 0.0994 e. The van der Waals surface area contributed by atoms with Crippen LogP contribution in [0.5, 0.6) is 0 Å². The molecule has 1 fully saturated rings. The van der Waals surface area contributed by atoms with Crippen LogP contribution < -0.4 is 5.32 Å². The third-order valence-electron chi connectivity index (χ3n) is 6.93. The summed E-state index contributed by atoms with van der Waals surface area (Å²) in [5.41, 5.74) is 7.36. The molecule has 2 bridgehead atoms. The van der Waals surface area contributed by atoms with Gasteiger partial charge in [-0.05, 0) is 107 Å². The lowest BCUT2D eigenvalue weighted by atomic mass is 9.81. The maximum atomic E-state index is 9.51. The van der Waals surface area contributed by atoms with Gasteiger partial charge in [0.1, 0.15) is 0 Å². The highest BCUT2D eigenvalue weighted by Crippen LogP contribution is 2.39. The number of hydrogen-bond donors (Lipinski definition) is 1. The zero-order valence-electron chi connectivity index (χ0n) is 19.2. The molecule has 0 spiro atoms. The number of nitrogens with one attached hydrogen (secondary N) is 1. The van der Waals surface area contributed by atoms with Crippen molar-refractivity contribution < 1.29 is 0 Å². The second-order valence-corrected chi connectivity index (χ2v) is 10.3. The van der Waals surface area contributed by atoms with Crippen LogP contribution >= 0.6 is 11.9 Å². The molecule has 0 unspecified atom stereocenters. The Morgan fingerprint density at radius 1 is 0.943 bits per heavy atom. The number of rotatable bonds is 5. The van der Waals surface area contributed by atoms with Crippen LogP contribution in [0, 0.1) is 22.7 Å². The minimum atomic E-state index is 0.385. The van der Waals surface area contributed by atoms with Crippen molar-refractivity contribution in [3.8, 4) is 23.3 Å². The molecule has 1 aromatic heterocycles. The van der Waals surface area contributed by atoms with Gasteiger partial charge in [0, 0.05) is 47.5 Å². The van der Waals surface area contributed by atoms with E-state index in [0.29, 0.717) is 11.6 Å². The van der Waals surface area contributed by atoms with Gasteiger partial charge in [-0.25, -0.2) is 4.31 Å². The van der Waals surface area contributed by atoms with Crippen LogP contribution in [0.15, 0.2) is 71.9 Å². The average Bonchev–Trinajstić information content (AvgIpc) is 2.89. The number of aromatic nitrogens is 1. The quantitative estimate of drug-likeness (QED) is 0.309. The summed E-state index contributed by atoms with van der Waals surface area (Å²) in [5, 5.41) is 24.6. The first-order valence-corrected chi connectivity index (χ1v) is 12.6. The molecule has 0 radical (unpaired) electrons. The van der Waals surface area contributed by atoms with Crippen LogP contribution in [0.25, 0.3) is 21.9 Å². The first-order chi connectivity index (χ1) is 17.2. The number of nitrogens with zero attached hydrogens (tertiary/aromatic N) is 4. The van der Waals surface area contributed by atoms with Gasteiger partial charge in [0.15, 0.2) is 0 Å². The van der Waals surface area contributed by atoms with Gasteiger partial charge in [-0.15, -0.1) is 0 Å². The predicted octanol–water partition coefficient (Wildman–Crippen LogP) is 6.13. The molecule has 6 heteroatoms. The van der Waals surface area contributed by atoms with Crippen molar-refractivity contribution in [3.05, 3.63) is 89.2 Å². The SMILES string of the molecule is N#Cc1ccc(SN2CCC(Nc3cc(-c4cc(C#N)c5cc4C5)cc4ccncc34)CC2)cc1. The summed E-state index contributed by atoms with van der Waals surface area (Å²) in [4.78, 5) is 5.55. The minimum absolute atomic E-state index is 0.385. The fourth-order valence-corrected chi connectivity index (χ4v) is 5.91. The topological polar surface area (TPSA) is 75.7 Å². The fraction of sp³-hybridized carbons (Fsp3) is 0.207. The van der Waals surface area contributed by atoms with E-state index in [1.807, 2.05) is 42.7 Å². The normalized spacial score (nSPS) is 15.3. The van der Waals surface area contributed by atoms with Gasteiger partial charge < -0.3 is 5.32 Å². The van der Waals surface area contributed by atoms with Crippen LogP contribution in [-0.2, 0) is 6.42 Å². The second-order valence-electron chi connectivity index (χ2n) is 9.15. The lowest BCUT2D eigenvalue weighted by Gasteiger charge is -2.32. The lowest BCUT2D eigenvalue weighted by molar-refractivity contribution is 0.358. The third-order valence-corrected chi connectivity index (χ3v) is 8.04. The van der Waals surface area contributed by atoms with E-state index in [4.69, 9.17) is 5.26 Å². The maximum Gasteiger partial charge on any atom is 0.0994 e. The van der Waals surface area contributed by atoms with Gasteiger partial charge in [-0.1, -0.05) is 6.07 Å². The van der Waals surface area contributed by atoms with Gasteiger partial charge in [-0.3, -0.25) is 4.98 Å². The van der Waals surface area contributed by atoms with Crippen LogP contribution in [0.4, 0.5) is 5.69 Å². The van der Waals surface area contributed by atoms with E-state index in [1.54, 1.807) is 11.9 Å². The predicted molar refractivity (Wildman–Crippen MR) is 140 cm³/mol. The number of hydrogen-bond acceptors (Lipinski definition) is 6. The highest BCUT2D eigenvalue weighted by Gasteiger charge is 2.23. The molecule has 1 N–H and O–H groups in total. The van der Waals surface area contributed by atoms with Gasteiger partial charge in [0.25, 0.3) is 0 Å². The molecule has 2 aliphatic carbocycles. The van der Waals surface area contributed by atoms with Gasteiger partial charge >= 0.3 is 0 Å². The zero-order valence-corrected chi connectivity index (χ0v) is 20.0. The standard InChI is InChI=1S/C29H23N5S/c30-16-19-1-3-26(4-2-19)35-34-9-6-25(7-10-34)33-29-15-23(11-20-5-8-32-18-28(20)29)27-14-24(17-31)21-12-22(27)13-21/h1-5,8,11-12,14-15,18,25,33H,6-7,9-10,13H2. The van der Waals surface area contributed by atoms with Crippen molar-refractivity contribution in [2.45, 2.75) is 30.2 Å². The molecular formula is C29H23N5S. The number of anilines is 1. The molecule has 5 nitrogen and oxygen atoms in total. The van der Waals surface area contributed by atoms with E-state index in [2.05, 4.69) is 51.0 Å². The number of benzene rings is 3. The van der Waals surface area contributed by atoms with Crippen molar-refractivity contribution >= 4 is 28.4 Å².